The van der Waals surface area contributed by atoms with E-state index in [0.29, 0.717) is 52.1 Å². The monoisotopic (exact) mass is 863 g/mol. The van der Waals surface area contributed by atoms with E-state index in [9.17, 15) is 40.9 Å². The molecule has 0 spiro atoms. The first-order valence-corrected chi connectivity index (χ1v) is 20.2. The van der Waals surface area contributed by atoms with Crippen molar-refractivity contribution in [2.24, 2.45) is 0 Å². The van der Waals surface area contributed by atoms with Gasteiger partial charge in [0.05, 0.1) is 18.9 Å². The highest BCUT2D eigenvalue weighted by Gasteiger charge is 2.45. The van der Waals surface area contributed by atoms with Gasteiger partial charge in [0, 0.05) is 21.8 Å². The van der Waals surface area contributed by atoms with Crippen LogP contribution in [0.15, 0.2) is 103 Å². The maximum Gasteiger partial charge on any atom is 0.130 e. The Morgan fingerprint density at radius 2 is 0.933 bits per heavy atom. The smallest absolute Gasteiger partial charge is 0.130 e. The second-order valence-corrected chi connectivity index (χ2v) is 15.9. The van der Waals surface area contributed by atoms with Crippen LogP contribution in [0.4, 0.5) is 0 Å². The molecule has 2 aliphatic rings. The third kappa shape index (κ3) is 10.1. The van der Waals surface area contributed by atoms with E-state index in [-0.39, 0.29) is 6.61 Å². The number of hydrogen-bond acceptors (Lipinski definition) is 13. The first-order chi connectivity index (χ1) is 28.9. The quantitative estimate of drug-likeness (QED) is 0.0801. The second kappa shape index (κ2) is 19.7. The molecule has 4 aromatic carbocycles. The average molecular weight is 865 g/mol. The number of hydrogen-bond donors (Lipinski definition) is 8. The molecule has 2 saturated heterocycles. The van der Waals surface area contributed by atoms with E-state index in [1.807, 2.05) is 60.7 Å². The number of aliphatic hydroxyl groups is 8. The van der Waals surface area contributed by atoms with Gasteiger partial charge in [-0.05, 0) is 88.7 Å². The number of ether oxygens (including phenoxy) is 4. The normalized spacial score (nSPS) is 26.8. The molecule has 60 heavy (non-hydrogen) atoms. The maximum atomic E-state index is 10.6. The minimum absolute atomic E-state index is 0.254. The van der Waals surface area contributed by atoms with Gasteiger partial charge in [0.2, 0.25) is 0 Å². The number of rotatable bonds is 14. The topological polar surface area (TPSA) is 212 Å². The number of nitrogens with zero attached hydrogens (tertiary/aromatic N) is 1. The van der Waals surface area contributed by atoms with Gasteiger partial charge in [-0.2, -0.15) is 0 Å². The molecule has 1 aromatic heterocycles. The first kappa shape index (κ1) is 43.9. The van der Waals surface area contributed by atoms with Gasteiger partial charge in [-0.15, -0.1) is 0 Å². The van der Waals surface area contributed by atoms with Crippen molar-refractivity contribution in [1.29, 1.82) is 0 Å². The molecular formula is C45H47Cl2NO12. The molecule has 0 bridgehead atoms. The highest BCUT2D eigenvalue weighted by Crippen LogP contribution is 2.36. The Labute approximate surface area is 356 Å². The fraction of sp³-hybridized carbons (Fsp3) is 0.356. The Kier molecular flexibility index (Phi) is 14.4. The summed E-state index contributed by atoms with van der Waals surface area (Å²) in [7, 11) is 0. The molecule has 2 aliphatic heterocycles. The second-order valence-electron chi connectivity index (χ2n) is 15.1. The van der Waals surface area contributed by atoms with Gasteiger partial charge < -0.3 is 59.8 Å². The van der Waals surface area contributed by atoms with Crippen molar-refractivity contribution in [3.8, 4) is 11.5 Å². The Morgan fingerprint density at radius 1 is 0.500 bits per heavy atom. The van der Waals surface area contributed by atoms with Gasteiger partial charge in [-0.3, -0.25) is 4.98 Å². The van der Waals surface area contributed by atoms with Crippen molar-refractivity contribution in [3.05, 3.63) is 158 Å². The lowest BCUT2D eigenvalue weighted by Crippen LogP contribution is -2.55. The summed E-state index contributed by atoms with van der Waals surface area (Å²) in [5, 5.41) is 82.1. The fourth-order valence-corrected chi connectivity index (χ4v) is 7.73. The van der Waals surface area contributed by atoms with Crippen molar-refractivity contribution in [1.82, 2.24) is 4.98 Å². The number of aromatic nitrogens is 1. The van der Waals surface area contributed by atoms with Crippen molar-refractivity contribution in [2.45, 2.75) is 87.1 Å². The minimum Gasteiger partial charge on any atom is -0.489 e. The Hall–Kier alpha value is -4.19. The SMILES string of the molecule is OC[C@H]1O[C@@H](c2ccc(Cl)c(Cc3ccc(OCc4ccc(COc5ccc(Cc6cc([C@@H]7O[C@H](CO)[C@@H](O)[C@H](O)[C@H]7O)ccc6Cl)cc5)nc4)cc3)c2)[C@H](O)[C@@H](O)[C@@H]1O. The summed E-state index contributed by atoms with van der Waals surface area (Å²) in [5.41, 5.74) is 6.19. The van der Waals surface area contributed by atoms with Crippen LogP contribution in [0.25, 0.3) is 0 Å². The van der Waals surface area contributed by atoms with Gasteiger partial charge in [-0.1, -0.05) is 77.8 Å². The van der Waals surface area contributed by atoms with Gasteiger partial charge in [0.15, 0.2) is 0 Å². The number of benzene rings is 4. The fourth-order valence-electron chi connectivity index (χ4n) is 7.37. The molecule has 5 aromatic rings. The van der Waals surface area contributed by atoms with Crippen LogP contribution in [0, 0.1) is 0 Å². The Bertz CT molecular complexity index is 2020. The molecule has 7 rings (SSSR count). The van der Waals surface area contributed by atoms with Crippen molar-refractivity contribution in [2.75, 3.05) is 13.2 Å². The number of aliphatic hydroxyl groups excluding tert-OH is 8. The maximum absolute atomic E-state index is 10.6. The predicted octanol–water partition coefficient (Wildman–Crippen LogP) is 3.76. The van der Waals surface area contributed by atoms with E-state index in [1.54, 1.807) is 42.6 Å². The van der Waals surface area contributed by atoms with Gasteiger partial charge >= 0.3 is 0 Å². The summed E-state index contributed by atoms with van der Waals surface area (Å²) < 4.78 is 23.4. The van der Waals surface area contributed by atoms with Crippen LogP contribution in [-0.2, 0) is 35.5 Å². The summed E-state index contributed by atoms with van der Waals surface area (Å²) in [6.45, 7) is -0.460. The molecule has 8 N–H and O–H groups in total. The van der Waals surface area contributed by atoms with Crippen LogP contribution in [0.2, 0.25) is 10.0 Å². The lowest BCUT2D eigenvalue weighted by Gasteiger charge is -2.40. The molecule has 3 heterocycles. The summed E-state index contributed by atoms with van der Waals surface area (Å²) in [4.78, 5) is 4.52. The van der Waals surface area contributed by atoms with Crippen molar-refractivity contribution >= 4 is 23.2 Å². The first-order valence-electron chi connectivity index (χ1n) is 19.5. The van der Waals surface area contributed by atoms with Crippen LogP contribution in [-0.4, -0.2) is 108 Å². The largest absolute Gasteiger partial charge is 0.489 e. The van der Waals surface area contributed by atoms with Crippen LogP contribution >= 0.6 is 23.2 Å². The average Bonchev–Trinajstić information content (AvgIpc) is 3.26. The van der Waals surface area contributed by atoms with E-state index in [0.717, 1.165) is 33.5 Å². The highest BCUT2D eigenvalue weighted by atomic mass is 35.5. The van der Waals surface area contributed by atoms with Crippen LogP contribution < -0.4 is 9.47 Å². The van der Waals surface area contributed by atoms with Gasteiger partial charge in [0.25, 0.3) is 0 Å². The molecule has 2 fully saturated rings. The summed E-state index contributed by atoms with van der Waals surface area (Å²) in [6.07, 6.45) is -9.83. The minimum atomic E-state index is -1.47. The van der Waals surface area contributed by atoms with Crippen LogP contribution in [0.5, 0.6) is 11.5 Å². The summed E-state index contributed by atoms with van der Waals surface area (Å²) >= 11 is 13.0. The molecule has 15 heteroatoms. The molecule has 0 unspecified atom stereocenters. The van der Waals surface area contributed by atoms with E-state index < -0.39 is 74.3 Å². The molecule has 0 amide bonds. The molecule has 0 radical (unpaired) electrons. The number of halogens is 2. The number of pyridine rings is 1. The van der Waals surface area contributed by atoms with Gasteiger partial charge in [-0.25, -0.2) is 0 Å². The van der Waals surface area contributed by atoms with Crippen LogP contribution in [0.3, 0.4) is 0 Å². The molecule has 0 saturated carbocycles. The van der Waals surface area contributed by atoms with E-state index in [4.69, 9.17) is 42.1 Å². The van der Waals surface area contributed by atoms with E-state index in [2.05, 4.69) is 4.98 Å². The lowest BCUT2D eigenvalue weighted by molar-refractivity contribution is -0.231. The predicted molar refractivity (Wildman–Crippen MR) is 220 cm³/mol. The highest BCUT2D eigenvalue weighted by molar-refractivity contribution is 6.31. The van der Waals surface area contributed by atoms with Crippen molar-refractivity contribution in [3.63, 3.8) is 0 Å². The van der Waals surface area contributed by atoms with Crippen molar-refractivity contribution < 1.29 is 59.8 Å². The Morgan fingerprint density at radius 3 is 1.35 bits per heavy atom. The van der Waals surface area contributed by atoms with E-state index >= 15 is 0 Å². The standard InChI is InChI=1S/C45H47Cl2NO12/c46-34-13-6-27(44-42(55)40(53)38(51)36(20-49)59-44)17-29(34)15-24-2-9-32(10-3-24)57-22-26-1-8-31(48-19-26)23-58-33-11-4-25(5-12-33)16-30-18-28(7-14-35(30)47)45-43(56)41(54)39(52)37(21-50)60-45/h1-14,17-19,36-45,49-56H,15-16,20-23H2/t36-,37-,38-,39-,40+,41+,42-,43-,44+,45+/m1/s1. The lowest BCUT2D eigenvalue weighted by atomic mass is 9.90. The molecule has 0 aliphatic carbocycles. The zero-order valence-corrected chi connectivity index (χ0v) is 33.8. The zero-order valence-electron chi connectivity index (χ0n) is 32.2. The van der Waals surface area contributed by atoms with Crippen LogP contribution in [0.1, 0.15) is 56.8 Å². The van der Waals surface area contributed by atoms with Gasteiger partial charge in [0.1, 0.15) is 85.8 Å². The molecule has 318 valence electrons. The third-order valence-electron chi connectivity index (χ3n) is 10.9. The summed E-state index contributed by atoms with van der Waals surface area (Å²) in [5.74, 6) is 1.32. The molecule has 13 nitrogen and oxygen atoms in total. The third-order valence-corrected chi connectivity index (χ3v) is 11.6. The Balaban J connectivity index is 0.882. The van der Waals surface area contributed by atoms with E-state index in [1.165, 1.54) is 0 Å². The molecule has 10 atom stereocenters. The zero-order chi connectivity index (χ0) is 42.5. The molecular weight excluding hydrogens is 817 g/mol. The summed E-state index contributed by atoms with van der Waals surface area (Å²) in [6, 6.07) is 29.3.